The molecule has 0 bridgehead atoms. The van der Waals surface area contributed by atoms with Crippen molar-refractivity contribution in [2.75, 3.05) is 24.7 Å². The van der Waals surface area contributed by atoms with Crippen LogP contribution in [0.5, 0.6) is 5.75 Å². The Morgan fingerprint density at radius 1 is 0.905 bits per heavy atom. The van der Waals surface area contributed by atoms with E-state index < -0.39 is 9.84 Å². The Hall–Kier alpha value is -3.12. The van der Waals surface area contributed by atoms with Crippen molar-refractivity contribution in [2.24, 2.45) is 11.8 Å². The highest BCUT2D eigenvalue weighted by atomic mass is 32.2. The average molecular weight is 587 g/mol. The monoisotopic (exact) mass is 586 g/mol. The molecule has 2 aliphatic carbocycles. The van der Waals surface area contributed by atoms with E-state index in [9.17, 15) is 13.2 Å². The number of hydrogen-bond donors (Lipinski definition) is 0. The van der Waals surface area contributed by atoms with Crippen molar-refractivity contribution in [3.05, 3.63) is 88.0 Å². The van der Waals surface area contributed by atoms with Crippen LogP contribution in [0.1, 0.15) is 71.9 Å². The van der Waals surface area contributed by atoms with Crippen molar-refractivity contribution in [3.8, 4) is 16.9 Å². The zero-order valence-electron chi connectivity index (χ0n) is 24.9. The van der Waals surface area contributed by atoms with Gasteiger partial charge in [-0.1, -0.05) is 42.5 Å². The summed E-state index contributed by atoms with van der Waals surface area (Å²) in [5, 5.41) is 0. The predicted octanol–water partition coefficient (Wildman–Crippen LogP) is 6.81. The van der Waals surface area contributed by atoms with Gasteiger partial charge in [0.15, 0.2) is 0 Å². The molecule has 0 N–H and O–H groups in total. The molecular weight excluding hydrogens is 544 g/mol. The van der Waals surface area contributed by atoms with Crippen molar-refractivity contribution < 1.29 is 22.7 Å². The van der Waals surface area contributed by atoms with Crippen LogP contribution < -0.4 is 4.74 Å². The summed E-state index contributed by atoms with van der Waals surface area (Å²) in [5.41, 5.74) is 10.6. The lowest BCUT2D eigenvalue weighted by Crippen LogP contribution is -2.26. The van der Waals surface area contributed by atoms with Crippen LogP contribution in [-0.2, 0) is 45.1 Å². The third-order valence-electron chi connectivity index (χ3n) is 9.38. The van der Waals surface area contributed by atoms with E-state index in [2.05, 4.69) is 61.5 Å². The standard InChI is InChI=1S/C36H42O5S/c1-3-40-36(37)34-22-32(34)29-12-9-25(10-13-29)7-8-26-11-14-28-5-4-6-30-21-31(19-24(2)35(30)33(28)20-26)41-23-27-15-17-42(38,39)18-16-27/h9-14,19-21,27,32,34H,3-8,15-18,22-23H2,1-2H3/t32-,34+/m1/s1. The minimum absolute atomic E-state index is 0.0300. The van der Waals surface area contributed by atoms with E-state index in [0.717, 1.165) is 44.3 Å². The summed E-state index contributed by atoms with van der Waals surface area (Å²) in [6.07, 6.45) is 7.48. The van der Waals surface area contributed by atoms with Crippen LogP contribution in [0.15, 0.2) is 54.6 Å². The van der Waals surface area contributed by atoms with Gasteiger partial charge in [0.05, 0.1) is 30.6 Å². The molecule has 6 heteroatoms. The van der Waals surface area contributed by atoms with Crippen LogP contribution in [0.4, 0.5) is 0 Å². The molecule has 3 aliphatic rings. The molecule has 0 spiro atoms. The fourth-order valence-electron chi connectivity index (χ4n) is 6.80. The SMILES string of the molecule is CCOC(=O)[C@H]1C[C@@H]1c1ccc(CCc2ccc3c(c2)-c2c(C)cc(OCC4CCS(=O)(=O)CC4)cc2CCC3)cc1. The highest BCUT2D eigenvalue weighted by molar-refractivity contribution is 7.91. The summed E-state index contributed by atoms with van der Waals surface area (Å²) in [5.74, 6) is 2.06. The number of rotatable bonds is 9. The lowest BCUT2D eigenvalue weighted by Gasteiger charge is -2.23. The summed E-state index contributed by atoms with van der Waals surface area (Å²) in [4.78, 5) is 12.0. The van der Waals surface area contributed by atoms with Crippen LogP contribution in [-0.4, -0.2) is 39.1 Å². The Kier molecular flexibility index (Phi) is 8.44. The van der Waals surface area contributed by atoms with Crippen LogP contribution in [0.2, 0.25) is 0 Å². The van der Waals surface area contributed by atoms with Crippen molar-refractivity contribution in [3.63, 3.8) is 0 Å². The molecule has 3 aromatic rings. The van der Waals surface area contributed by atoms with Crippen molar-refractivity contribution in [2.45, 2.75) is 71.1 Å². The van der Waals surface area contributed by atoms with Crippen molar-refractivity contribution in [1.82, 2.24) is 0 Å². The summed E-state index contributed by atoms with van der Waals surface area (Å²) in [6, 6.07) is 20.2. The first-order valence-electron chi connectivity index (χ1n) is 15.6. The molecule has 1 heterocycles. The highest BCUT2D eigenvalue weighted by Crippen LogP contribution is 2.48. The number of carbonyl (C=O) groups excluding carboxylic acids is 1. The molecule has 1 saturated carbocycles. The number of carbonyl (C=O) groups is 1. The first-order chi connectivity index (χ1) is 20.3. The van der Waals surface area contributed by atoms with E-state index in [-0.39, 0.29) is 23.4 Å². The van der Waals surface area contributed by atoms with Crippen LogP contribution >= 0.6 is 0 Å². The largest absolute Gasteiger partial charge is 0.493 e. The van der Waals surface area contributed by atoms with E-state index in [4.69, 9.17) is 9.47 Å². The zero-order chi connectivity index (χ0) is 29.3. The molecule has 2 atom stereocenters. The van der Waals surface area contributed by atoms with Gasteiger partial charge in [-0.15, -0.1) is 0 Å². The fourth-order valence-corrected chi connectivity index (χ4v) is 8.39. The smallest absolute Gasteiger partial charge is 0.309 e. The number of esters is 1. The second-order valence-electron chi connectivity index (χ2n) is 12.5. The van der Waals surface area contributed by atoms with Crippen LogP contribution in [0.25, 0.3) is 11.1 Å². The summed E-state index contributed by atoms with van der Waals surface area (Å²) < 4.78 is 35.0. The van der Waals surface area contributed by atoms with Gasteiger partial charge in [0.25, 0.3) is 0 Å². The fraction of sp³-hybridized carbons (Fsp3) is 0.472. The molecule has 0 amide bonds. The molecule has 0 aromatic heterocycles. The van der Waals surface area contributed by atoms with Gasteiger partial charge < -0.3 is 9.47 Å². The van der Waals surface area contributed by atoms with Gasteiger partial charge in [0.1, 0.15) is 15.6 Å². The quantitative estimate of drug-likeness (QED) is 0.258. The van der Waals surface area contributed by atoms with Gasteiger partial charge in [0.2, 0.25) is 0 Å². The number of sulfone groups is 1. The number of aryl methyl sites for hydroxylation is 5. The van der Waals surface area contributed by atoms with Gasteiger partial charge in [-0.3, -0.25) is 4.79 Å². The molecule has 42 heavy (non-hydrogen) atoms. The minimum Gasteiger partial charge on any atom is -0.493 e. The molecule has 3 aromatic carbocycles. The topological polar surface area (TPSA) is 69.7 Å². The number of ether oxygens (including phenoxy) is 2. The summed E-state index contributed by atoms with van der Waals surface area (Å²) in [7, 11) is -2.85. The third-order valence-corrected chi connectivity index (χ3v) is 11.1. The molecule has 6 rings (SSSR count). The number of fused-ring (bicyclic) bond motifs is 3. The van der Waals surface area contributed by atoms with Crippen LogP contribution in [0, 0.1) is 18.8 Å². The van der Waals surface area contributed by atoms with Crippen molar-refractivity contribution in [1.29, 1.82) is 0 Å². The number of hydrogen-bond acceptors (Lipinski definition) is 5. The van der Waals surface area contributed by atoms with Gasteiger partial charge in [-0.2, -0.15) is 0 Å². The van der Waals surface area contributed by atoms with Gasteiger partial charge in [-0.25, -0.2) is 8.42 Å². The molecular formula is C36H42O5S. The minimum atomic E-state index is -2.85. The van der Waals surface area contributed by atoms with Gasteiger partial charge >= 0.3 is 5.97 Å². The van der Waals surface area contributed by atoms with E-state index in [0.29, 0.717) is 37.9 Å². The van der Waals surface area contributed by atoms with Gasteiger partial charge in [0, 0.05) is 0 Å². The number of benzene rings is 3. The summed E-state index contributed by atoms with van der Waals surface area (Å²) in [6.45, 7) is 5.08. The Bertz CT molecular complexity index is 1540. The van der Waals surface area contributed by atoms with Crippen LogP contribution in [0.3, 0.4) is 0 Å². The Morgan fingerprint density at radius 2 is 1.62 bits per heavy atom. The Morgan fingerprint density at radius 3 is 2.38 bits per heavy atom. The molecule has 1 saturated heterocycles. The van der Waals surface area contributed by atoms with E-state index >= 15 is 0 Å². The van der Waals surface area contributed by atoms with Gasteiger partial charge in [-0.05, 0) is 134 Å². The van der Waals surface area contributed by atoms with Crippen molar-refractivity contribution >= 4 is 15.8 Å². The molecule has 222 valence electrons. The first-order valence-corrected chi connectivity index (χ1v) is 17.5. The highest BCUT2D eigenvalue weighted by Gasteiger charge is 2.45. The average Bonchev–Trinajstić information content (AvgIpc) is 3.79. The van der Waals surface area contributed by atoms with E-state index in [1.54, 1.807) is 0 Å². The Balaban J connectivity index is 1.12. The second kappa shape index (κ2) is 12.2. The molecule has 5 nitrogen and oxygen atoms in total. The molecule has 0 radical (unpaired) electrons. The normalized spacial score (nSPS) is 21.1. The van der Waals surface area contributed by atoms with E-state index in [1.807, 2.05) is 6.92 Å². The lowest BCUT2D eigenvalue weighted by molar-refractivity contribution is -0.144. The Labute approximate surface area is 250 Å². The maximum Gasteiger partial charge on any atom is 0.309 e. The first kappa shape index (κ1) is 29.0. The van der Waals surface area contributed by atoms with E-state index in [1.165, 1.54) is 44.5 Å². The molecule has 1 aliphatic heterocycles. The lowest BCUT2D eigenvalue weighted by atomic mass is 9.90. The maximum absolute atomic E-state index is 12.0. The second-order valence-corrected chi connectivity index (χ2v) is 14.8. The third kappa shape index (κ3) is 6.59. The maximum atomic E-state index is 12.0. The summed E-state index contributed by atoms with van der Waals surface area (Å²) >= 11 is 0. The predicted molar refractivity (Wildman–Crippen MR) is 167 cm³/mol. The zero-order valence-corrected chi connectivity index (χ0v) is 25.7. The molecule has 0 unspecified atom stereocenters. The molecule has 2 fully saturated rings.